The predicted octanol–water partition coefficient (Wildman–Crippen LogP) is 3.79. The number of rotatable bonds is 10. The van der Waals surface area contributed by atoms with Crippen molar-refractivity contribution in [2.75, 3.05) is 33.1 Å². The van der Waals surface area contributed by atoms with Crippen molar-refractivity contribution in [1.29, 1.82) is 0 Å². The molecule has 2 rings (SSSR count). The van der Waals surface area contributed by atoms with Crippen molar-refractivity contribution in [1.82, 2.24) is 5.32 Å². The molecule has 0 aliphatic heterocycles. The van der Waals surface area contributed by atoms with Gasteiger partial charge in [-0.2, -0.15) is 11.8 Å². The summed E-state index contributed by atoms with van der Waals surface area (Å²) in [5.74, 6) is 3.17. The zero-order valence-corrected chi connectivity index (χ0v) is 16.4. The van der Waals surface area contributed by atoms with E-state index in [-0.39, 0.29) is 12.5 Å². The van der Waals surface area contributed by atoms with Crippen molar-refractivity contribution in [3.8, 4) is 17.2 Å². The van der Waals surface area contributed by atoms with Gasteiger partial charge in [-0.15, -0.1) is 0 Å². The minimum absolute atomic E-state index is 0.0640. The Bertz CT molecular complexity index is 704. The summed E-state index contributed by atoms with van der Waals surface area (Å²) in [5.41, 5.74) is 1.10. The number of thioether (sulfide) groups is 1. The van der Waals surface area contributed by atoms with E-state index in [1.165, 1.54) is 0 Å². The van der Waals surface area contributed by atoms with Gasteiger partial charge in [-0.25, -0.2) is 0 Å². The Balaban J connectivity index is 1.67. The Morgan fingerprint density at radius 1 is 1.08 bits per heavy atom. The van der Waals surface area contributed by atoms with Gasteiger partial charge >= 0.3 is 0 Å². The first-order valence-electron chi connectivity index (χ1n) is 8.06. The van der Waals surface area contributed by atoms with Crippen LogP contribution in [0.1, 0.15) is 5.56 Å². The van der Waals surface area contributed by atoms with E-state index in [1.54, 1.807) is 44.2 Å². The molecule has 1 amide bonds. The molecule has 140 valence electrons. The SMILES string of the molecule is COc1cc(OC)cc(OCC(=O)NCCSCc2ccccc2Cl)c1. The lowest BCUT2D eigenvalue weighted by Gasteiger charge is -2.10. The number of nitrogens with one attached hydrogen (secondary N) is 1. The van der Waals surface area contributed by atoms with E-state index in [1.807, 2.05) is 24.3 Å². The molecule has 0 unspecified atom stereocenters. The number of carbonyl (C=O) groups is 1. The standard InChI is InChI=1S/C19H22ClNO4S/c1-23-15-9-16(24-2)11-17(10-15)25-12-19(22)21-7-8-26-13-14-5-3-4-6-18(14)20/h3-6,9-11H,7-8,12-13H2,1-2H3,(H,21,22). The lowest BCUT2D eigenvalue weighted by molar-refractivity contribution is -0.122. The van der Waals surface area contributed by atoms with E-state index in [9.17, 15) is 4.79 Å². The highest BCUT2D eigenvalue weighted by Crippen LogP contribution is 2.27. The molecule has 0 saturated heterocycles. The van der Waals surface area contributed by atoms with Gasteiger partial charge in [0, 0.05) is 41.3 Å². The Morgan fingerprint density at radius 2 is 1.73 bits per heavy atom. The summed E-state index contributed by atoms with van der Waals surface area (Å²) in [6, 6.07) is 12.9. The molecule has 0 aliphatic rings. The maximum atomic E-state index is 11.9. The molecule has 0 saturated carbocycles. The van der Waals surface area contributed by atoms with Crippen LogP contribution in [0.4, 0.5) is 0 Å². The molecule has 26 heavy (non-hydrogen) atoms. The third-order valence-electron chi connectivity index (χ3n) is 3.48. The predicted molar refractivity (Wildman–Crippen MR) is 106 cm³/mol. The van der Waals surface area contributed by atoms with Crippen molar-refractivity contribution in [3.05, 3.63) is 53.1 Å². The maximum absolute atomic E-state index is 11.9. The summed E-state index contributed by atoms with van der Waals surface area (Å²) in [4.78, 5) is 11.9. The first kappa shape index (κ1) is 20.3. The number of ether oxygens (including phenoxy) is 3. The fourth-order valence-electron chi connectivity index (χ4n) is 2.12. The van der Waals surface area contributed by atoms with Gasteiger partial charge < -0.3 is 19.5 Å². The second kappa shape index (κ2) is 10.8. The zero-order chi connectivity index (χ0) is 18.8. The molecule has 0 aliphatic carbocycles. The number of amides is 1. The molecule has 0 aromatic heterocycles. The van der Waals surface area contributed by atoms with E-state index in [0.717, 1.165) is 22.1 Å². The van der Waals surface area contributed by atoms with E-state index >= 15 is 0 Å². The number of benzene rings is 2. The molecular formula is C19H22ClNO4S. The Kier molecular flexibility index (Phi) is 8.44. The van der Waals surface area contributed by atoms with Crippen LogP contribution in [0.5, 0.6) is 17.2 Å². The minimum atomic E-state index is -0.176. The fourth-order valence-corrected chi connectivity index (χ4v) is 3.27. The van der Waals surface area contributed by atoms with Crippen molar-refractivity contribution in [2.24, 2.45) is 0 Å². The topological polar surface area (TPSA) is 56.8 Å². The van der Waals surface area contributed by atoms with Crippen LogP contribution in [-0.4, -0.2) is 39.0 Å². The zero-order valence-electron chi connectivity index (χ0n) is 14.8. The highest BCUT2D eigenvalue weighted by atomic mass is 35.5. The van der Waals surface area contributed by atoms with Gasteiger partial charge in [0.05, 0.1) is 14.2 Å². The van der Waals surface area contributed by atoms with Gasteiger partial charge in [0.1, 0.15) is 17.2 Å². The number of carbonyl (C=O) groups excluding carboxylic acids is 1. The molecule has 1 N–H and O–H groups in total. The highest BCUT2D eigenvalue weighted by molar-refractivity contribution is 7.98. The van der Waals surface area contributed by atoms with Crippen molar-refractivity contribution in [2.45, 2.75) is 5.75 Å². The smallest absolute Gasteiger partial charge is 0.257 e. The van der Waals surface area contributed by atoms with Crippen LogP contribution in [0, 0.1) is 0 Å². The van der Waals surface area contributed by atoms with Crippen LogP contribution >= 0.6 is 23.4 Å². The summed E-state index contributed by atoms with van der Waals surface area (Å²) in [6.45, 7) is 0.504. The fraction of sp³-hybridized carbons (Fsp3) is 0.316. The molecule has 0 atom stereocenters. The average molecular weight is 396 g/mol. The second-order valence-corrected chi connectivity index (χ2v) is 6.84. The molecule has 0 spiro atoms. The number of hydrogen-bond acceptors (Lipinski definition) is 5. The van der Waals surface area contributed by atoms with E-state index in [2.05, 4.69) is 5.32 Å². The third kappa shape index (κ3) is 6.69. The molecule has 5 nitrogen and oxygen atoms in total. The van der Waals surface area contributed by atoms with Crippen LogP contribution in [0.3, 0.4) is 0 Å². The monoisotopic (exact) mass is 395 g/mol. The largest absolute Gasteiger partial charge is 0.496 e. The molecule has 2 aromatic rings. The van der Waals surface area contributed by atoms with E-state index in [4.69, 9.17) is 25.8 Å². The van der Waals surface area contributed by atoms with Gasteiger partial charge in [-0.1, -0.05) is 29.8 Å². The van der Waals surface area contributed by atoms with Crippen LogP contribution in [-0.2, 0) is 10.5 Å². The maximum Gasteiger partial charge on any atom is 0.257 e. The lowest BCUT2D eigenvalue weighted by Crippen LogP contribution is -2.30. The first-order valence-corrected chi connectivity index (χ1v) is 9.59. The van der Waals surface area contributed by atoms with Crippen LogP contribution in [0.25, 0.3) is 0 Å². The average Bonchev–Trinajstić information content (AvgIpc) is 2.67. The van der Waals surface area contributed by atoms with Gasteiger partial charge in [-0.05, 0) is 11.6 Å². The van der Waals surface area contributed by atoms with Crippen LogP contribution in [0.15, 0.2) is 42.5 Å². The molecule has 0 bridgehead atoms. The van der Waals surface area contributed by atoms with E-state index < -0.39 is 0 Å². The molecule has 7 heteroatoms. The minimum Gasteiger partial charge on any atom is -0.496 e. The Hall–Kier alpha value is -2.05. The highest BCUT2D eigenvalue weighted by Gasteiger charge is 2.06. The molecule has 0 fully saturated rings. The lowest BCUT2D eigenvalue weighted by atomic mass is 10.2. The number of hydrogen-bond donors (Lipinski definition) is 1. The number of methoxy groups -OCH3 is 2. The Morgan fingerprint density at radius 3 is 2.38 bits per heavy atom. The summed E-state index contributed by atoms with van der Waals surface area (Å²) in [5, 5.41) is 3.60. The van der Waals surface area contributed by atoms with Gasteiger partial charge in [-0.3, -0.25) is 4.79 Å². The van der Waals surface area contributed by atoms with Crippen LogP contribution in [0.2, 0.25) is 5.02 Å². The van der Waals surface area contributed by atoms with Crippen molar-refractivity contribution < 1.29 is 19.0 Å². The quantitative estimate of drug-likeness (QED) is 0.620. The van der Waals surface area contributed by atoms with Crippen LogP contribution < -0.4 is 19.5 Å². The van der Waals surface area contributed by atoms with Gasteiger partial charge in [0.25, 0.3) is 5.91 Å². The summed E-state index contributed by atoms with van der Waals surface area (Å²) >= 11 is 7.83. The summed E-state index contributed by atoms with van der Waals surface area (Å²) in [7, 11) is 3.12. The van der Waals surface area contributed by atoms with E-state index in [0.29, 0.717) is 23.8 Å². The van der Waals surface area contributed by atoms with Gasteiger partial charge in [0.2, 0.25) is 0 Å². The molecular weight excluding hydrogens is 374 g/mol. The number of halogens is 1. The summed E-state index contributed by atoms with van der Waals surface area (Å²) < 4.78 is 15.8. The summed E-state index contributed by atoms with van der Waals surface area (Å²) in [6.07, 6.45) is 0. The molecule has 0 radical (unpaired) electrons. The van der Waals surface area contributed by atoms with Crippen molar-refractivity contribution in [3.63, 3.8) is 0 Å². The normalized spacial score (nSPS) is 10.3. The second-order valence-electron chi connectivity index (χ2n) is 5.33. The molecule has 0 heterocycles. The first-order chi connectivity index (χ1) is 12.6. The van der Waals surface area contributed by atoms with Gasteiger partial charge in [0.15, 0.2) is 6.61 Å². The Labute approximate surface area is 163 Å². The third-order valence-corrected chi connectivity index (χ3v) is 4.86. The molecule has 2 aromatic carbocycles. The van der Waals surface area contributed by atoms with Crippen molar-refractivity contribution >= 4 is 29.3 Å².